The third-order valence-corrected chi connectivity index (χ3v) is 5.63. The summed E-state index contributed by atoms with van der Waals surface area (Å²) < 4.78 is 4.12. The summed E-state index contributed by atoms with van der Waals surface area (Å²) in [5.74, 6) is 0.586. The second kappa shape index (κ2) is 7.20. The van der Waals surface area contributed by atoms with Gasteiger partial charge in [0.1, 0.15) is 11.0 Å². The number of thioether (sulfide) groups is 1. The molecule has 3 heterocycles. The lowest BCUT2D eigenvalue weighted by atomic mass is 10.2. The molecule has 5 rings (SSSR count). The fraction of sp³-hybridized carbons (Fsp3) is 0.250. The summed E-state index contributed by atoms with van der Waals surface area (Å²) in [6.45, 7) is 3.13. The highest BCUT2D eigenvalue weighted by Crippen LogP contribution is 2.28. The molecule has 2 aromatic carbocycles. The standard InChI is InChI=1S/C20H19N7S/c1-2-3-12-26-16-10-6-4-8-14(16)18-19(26)21-20(24-23-18)28-13-27-17-11-7-5-9-15(17)22-25-27/h4-11H,2-3,12-13H2,1H3. The summed E-state index contributed by atoms with van der Waals surface area (Å²) in [6.07, 6.45) is 2.23. The third kappa shape index (κ3) is 2.90. The fourth-order valence-corrected chi connectivity index (χ4v) is 4.10. The molecule has 0 atom stereocenters. The maximum atomic E-state index is 4.84. The van der Waals surface area contributed by atoms with E-state index in [4.69, 9.17) is 4.98 Å². The molecule has 0 amide bonds. The molecule has 0 saturated carbocycles. The van der Waals surface area contributed by atoms with Gasteiger partial charge >= 0.3 is 0 Å². The highest BCUT2D eigenvalue weighted by molar-refractivity contribution is 7.98. The lowest BCUT2D eigenvalue weighted by molar-refractivity contribution is 0.656. The van der Waals surface area contributed by atoms with Crippen molar-refractivity contribution in [3.8, 4) is 0 Å². The van der Waals surface area contributed by atoms with E-state index in [-0.39, 0.29) is 0 Å². The molecule has 7 nitrogen and oxygen atoms in total. The van der Waals surface area contributed by atoms with Crippen molar-refractivity contribution in [1.82, 2.24) is 34.7 Å². The van der Waals surface area contributed by atoms with Crippen molar-refractivity contribution in [3.05, 3.63) is 48.5 Å². The van der Waals surface area contributed by atoms with Crippen LogP contribution in [0.4, 0.5) is 0 Å². The molecule has 0 fully saturated rings. The van der Waals surface area contributed by atoms with E-state index in [2.05, 4.69) is 50.2 Å². The van der Waals surface area contributed by atoms with Crippen LogP contribution in [0, 0.1) is 0 Å². The first kappa shape index (κ1) is 17.1. The Hall–Kier alpha value is -3.00. The van der Waals surface area contributed by atoms with E-state index in [1.54, 1.807) is 0 Å². The van der Waals surface area contributed by atoms with Crippen molar-refractivity contribution in [2.75, 3.05) is 0 Å². The van der Waals surface area contributed by atoms with Gasteiger partial charge in [0.15, 0.2) is 5.65 Å². The minimum Gasteiger partial charge on any atom is -0.324 e. The van der Waals surface area contributed by atoms with Gasteiger partial charge in [0.05, 0.1) is 16.9 Å². The molecule has 0 N–H and O–H groups in total. The average Bonchev–Trinajstić information content (AvgIpc) is 3.29. The maximum absolute atomic E-state index is 4.84. The second-order valence-electron chi connectivity index (χ2n) is 6.64. The Labute approximate surface area is 165 Å². The smallest absolute Gasteiger partial charge is 0.212 e. The number of aryl methyl sites for hydroxylation is 1. The summed E-state index contributed by atoms with van der Waals surface area (Å²) in [7, 11) is 0. The quantitative estimate of drug-likeness (QED) is 0.404. The van der Waals surface area contributed by atoms with E-state index in [1.165, 1.54) is 11.8 Å². The van der Waals surface area contributed by atoms with E-state index in [0.29, 0.717) is 11.0 Å². The summed E-state index contributed by atoms with van der Waals surface area (Å²) in [6, 6.07) is 16.2. The molecule has 0 aliphatic carbocycles. The van der Waals surface area contributed by atoms with E-state index in [0.717, 1.165) is 52.5 Å². The van der Waals surface area contributed by atoms with Gasteiger partial charge in [0.2, 0.25) is 5.16 Å². The molecule has 0 spiro atoms. The third-order valence-electron chi connectivity index (χ3n) is 4.83. The summed E-state index contributed by atoms with van der Waals surface area (Å²) >= 11 is 1.51. The Morgan fingerprint density at radius 2 is 1.75 bits per heavy atom. The highest BCUT2D eigenvalue weighted by Gasteiger charge is 2.15. The van der Waals surface area contributed by atoms with Crippen LogP contribution in [0.2, 0.25) is 0 Å². The van der Waals surface area contributed by atoms with Crippen LogP contribution in [0.25, 0.3) is 33.1 Å². The van der Waals surface area contributed by atoms with Crippen molar-refractivity contribution in [3.63, 3.8) is 0 Å². The SMILES string of the molecule is CCCCn1c2ccccc2c2nnc(SCn3nnc4ccccc43)nc21. The van der Waals surface area contributed by atoms with Crippen LogP contribution in [0.15, 0.2) is 53.7 Å². The molecule has 0 saturated heterocycles. The monoisotopic (exact) mass is 389 g/mol. The van der Waals surface area contributed by atoms with Gasteiger partial charge in [-0.25, -0.2) is 9.67 Å². The van der Waals surface area contributed by atoms with Crippen LogP contribution in [0.1, 0.15) is 19.8 Å². The topological polar surface area (TPSA) is 74.3 Å². The molecule has 5 aromatic rings. The molecular weight excluding hydrogens is 370 g/mol. The van der Waals surface area contributed by atoms with Crippen molar-refractivity contribution < 1.29 is 0 Å². The number of hydrogen-bond donors (Lipinski definition) is 0. The van der Waals surface area contributed by atoms with Crippen LogP contribution in [-0.4, -0.2) is 34.7 Å². The van der Waals surface area contributed by atoms with E-state index >= 15 is 0 Å². The van der Waals surface area contributed by atoms with Crippen LogP contribution in [-0.2, 0) is 12.4 Å². The van der Waals surface area contributed by atoms with Crippen molar-refractivity contribution >= 4 is 44.9 Å². The molecule has 0 aliphatic heterocycles. The van der Waals surface area contributed by atoms with Gasteiger partial charge in [-0.15, -0.1) is 15.3 Å². The number of fused-ring (bicyclic) bond motifs is 4. The number of benzene rings is 2. The Bertz CT molecular complexity index is 1270. The van der Waals surface area contributed by atoms with E-state index in [1.807, 2.05) is 35.0 Å². The molecule has 8 heteroatoms. The minimum absolute atomic E-state index is 0.586. The molecule has 0 aliphatic rings. The first-order chi connectivity index (χ1) is 13.8. The van der Waals surface area contributed by atoms with Gasteiger partial charge in [0.25, 0.3) is 0 Å². The number of aromatic nitrogens is 7. The fourth-order valence-electron chi connectivity index (χ4n) is 3.42. The zero-order valence-electron chi connectivity index (χ0n) is 15.5. The first-order valence-electron chi connectivity index (χ1n) is 9.38. The Morgan fingerprint density at radius 1 is 0.929 bits per heavy atom. The largest absolute Gasteiger partial charge is 0.324 e. The lowest BCUT2D eigenvalue weighted by Crippen LogP contribution is -2.02. The molecular formula is C20H19N7S. The Balaban J connectivity index is 1.51. The van der Waals surface area contributed by atoms with E-state index < -0.39 is 0 Å². The van der Waals surface area contributed by atoms with Gasteiger partial charge in [-0.2, -0.15) is 0 Å². The van der Waals surface area contributed by atoms with Crippen LogP contribution in [0.5, 0.6) is 0 Å². The molecule has 140 valence electrons. The van der Waals surface area contributed by atoms with E-state index in [9.17, 15) is 0 Å². The van der Waals surface area contributed by atoms with Gasteiger partial charge in [-0.1, -0.05) is 60.7 Å². The number of rotatable bonds is 6. The van der Waals surface area contributed by atoms with Gasteiger partial charge in [-0.3, -0.25) is 0 Å². The van der Waals surface area contributed by atoms with Crippen LogP contribution < -0.4 is 0 Å². The minimum atomic E-state index is 0.586. The predicted octanol–water partition coefficient (Wildman–Crippen LogP) is 4.27. The summed E-state index contributed by atoms with van der Waals surface area (Å²) in [5, 5.41) is 19.0. The maximum Gasteiger partial charge on any atom is 0.212 e. The van der Waals surface area contributed by atoms with Crippen molar-refractivity contribution in [2.24, 2.45) is 0 Å². The van der Waals surface area contributed by atoms with Crippen LogP contribution in [0.3, 0.4) is 0 Å². The zero-order chi connectivity index (χ0) is 18.9. The zero-order valence-corrected chi connectivity index (χ0v) is 16.3. The normalized spacial score (nSPS) is 11.8. The number of hydrogen-bond acceptors (Lipinski definition) is 6. The van der Waals surface area contributed by atoms with Gasteiger partial charge in [0, 0.05) is 11.9 Å². The Morgan fingerprint density at radius 3 is 2.64 bits per heavy atom. The van der Waals surface area contributed by atoms with Crippen molar-refractivity contribution in [2.45, 2.75) is 37.3 Å². The number of nitrogens with zero attached hydrogens (tertiary/aromatic N) is 7. The average molecular weight is 389 g/mol. The lowest BCUT2D eigenvalue weighted by Gasteiger charge is -2.06. The summed E-state index contributed by atoms with van der Waals surface area (Å²) in [5.41, 5.74) is 4.81. The number of para-hydroxylation sites is 2. The Kier molecular flexibility index (Phi) is 4.40. The molecule has 0 radical (unpaired) electrons. The van der Waals surface area contributed by atoms with Gasteiger partial charge in [-0.05, 0) is 24.6 Å². The van der Waals surface area contributed by atoms with Gasteiger partial charge < -0.3 is 4.57 Å². The predicted molar refractivity (Wildman–Crippen MR) is 111 cm³/mol. The van der Waals surface area contributed by atoms with Crippen LogP contribution >= 0.6 is 11.8 Å². The molecule has 3 aromatic heterocycles. The second-order valence-corrected chi connectivity index (χ2v) is 7.55. The molecule has 0 bridgehead atoms. The first-order valence-corrected chi connectivity index (χ1v) is 10.4. The molecule has 28 heavy (non-hydrogen) atoms. The number of unbranched alkanes of at least 4 members (excludes halogenated alkanes) is 1. The highest BCUT2D eigenvalue weighted by atomic mass is 32.2. The molecule has 0 unspecified atom stereocenters. The summed E-state index contributed by atoms with van der Waals surface area (Å²) in [4.78, 5) is 4.84. The van der Waals surface area contributed by atoms with Crippen molar-refractivity contribution in [1.29, 1.82) is 0 Å².